The highest BCUT2D eigenvalue weighted by atomic mass is 16.2. The van der Waals surface area contributed by atoms with E-state index in [1.807, 2.05) is 6.07 Å². The van der Waals surface area contributed by atoms with Crippen molar-refractivity contribution in [2.24, 2.45) is 0 Å². The molecule has 0 radical (unpaired) electrons. The van der Waals surface area contributed by atoms with Gasteiger partial charge in [0.05, 0.1) is 12.2 Å². The Morgan fingerprint density at radius 1 is 1.30 bits per heavy atom. The zero-order valence-corrected chi connectivity index (χ0v) is 16.0. The monoisotopic (exact) mass is 370 g/mol. The molecule has 1 aliphatic rings. The van der Waals surface area contributed by atoms with Gasteiger partial charge in [0.25, 0.3) is 0 Å². The molecule has 0 spiro atoms. The van der Waals surface area contributed by atoms with Crippen LogP contribution >= 0.6 is 0 Å². The summed E-state index contributed by atoms with van der Waals surface area (Å²) in [6, 6.07) is 3.75. The Labute approximate surface area is 159 Å². The van der Waals surface area contributed by atoms with Crippen LogP contribution in [0.3, 0.4) is 0 Å². The summed E-state index contributed by atoms with van der Waals surface area (Å²) in [5.74, 6) is 2.28. The van der Waals surface area contributed by atoms with Crippen LogP contribution in [-0.4, -0.2) is 76.4 Å². The highest BCUT2D eigenvalue weighted by molar-refractivity contribution is 5.77. The fraction of sp³-hybridized carbons (Fsp3) is 0.500. The normalized spacial score (nSPS) is 17.4. The molecule has 144 valence electrons. The summed E-state index contributed by atoms with van der Waals surface area (Å²) < 4.78 is 0. The molecule has 9 heteroatoms. The number of carbonyl (C=O) groups excluding carboxylic acids is 1. The molecule has 0 aliphatic carbocycles. The maximum atomic E-state index is 12.0. The van der Waals surface area contributed by atoms with Crippen LogP contribution in [0.4, 0.5) is 17.6 Å². The Bertz CT molecular complexity index is 781. The highest BCUT2D eigenvalue weighted by Crippen LogP contribution is 2.26. The molecule has 1 amide bonds. The molecule has 3 heterocycles. The van der Waals surface area contributed by atoms with E-state index in [0.29, 0.717) is 18.3 Å². The van der Waals surface area contributed by atoms with Gasteiger partial charge in [0.15, 0.2) is 0 Å². The minimum absolute atomic E-state index is 0.129. The van der Waals surface area contributed by atoms with Crippen molar-refractivity contribution in [1.82, 2.24) is 29.7 Å². The third-order valence-corrected chi connectivity index (χ3v) is 4.62. The van der Waals surface area contributed by atoms with Crippen molar-refractivity contribution in [3.63, 3.8) is 0 Å². The van der Waals surface area contributed by atoms with E-state index in [2.05, 4.69) is 35.5 Å². The Kier molecular flexibility index (Phi) is 6.12. The van der Waals surface area contributed by atoms with Gasteiger partial charge in [0.2, 0.25) is 11.9 Å². The molecule has 9 nitrogen and oxygen atoms in total. The average Bonchev–Trinajstić information content (AvgIpc) is 2.68. The predicted octanol–water partition coefficient (Wildman–Crippen LogP) is 1.32. The van der Waals surface area contributed by atoms with Crippen molar-refractivity contribution in [2.45, 2.75) is 18.8 Å². The lowest BCUT2D eigenvalue weighted by molar-refractivity contribution is -0.130. The molecule has 0 saturated carbocycles. The lowest BCUT2D eigenvalue weighted by Crippen LogP contribution is -2.41. The number of anilines is 3. The van der Waals surface area contributed by atoms with Crippen molar-refractivity contribution in [1.29, 1.82) is 0 Å². The summed E-state index contributed by atoms with van der Waals surface area (Å²) in [6.45, 7) is 2.22. The second-order valence-electron chi connectivity index (χ2n) is 6.83. The van der Waals surface area contributed by atoms with Crippen LogP contribution in [0.25, 0.3) is 0 Å². The maximum Gasteiger partial charge on any atom is 0.236 e. The fourth-order valence-corrected chi connectivity index (χ4v) is 3.11. The molecule has 27 heavy (non-hydrogen) atoms. The molecule has 3 rings (SSSR count). The number of nitrogens with one attached hydrogen (secondary N) is 2. The van der Waals surface area contributed by atoms with E-state index in [4.69, 9.17) is 0 Å². The third-order valence-electron chi connectivity index (χ3n) is 4.62. The van der Waals surface area contributed by atoms with E-state index in [-0.39, 0.29) is 11.8 Å². The van der Waals surface area contributed by atoms with Gasteiger partial charge >= 0.3 is 0 Å². The van der Waals surface area contributed by atoms with Gasteiger partial charge in [-0.3, -0.25) is 9.69 Å². The van der Waals surface area contributed by atoms with E-state index in [9.17, 15) is 4.79 Å². The van der Waals surface area contributed by atoms with E-state index in [1.54, 1.807) is 38.3 Å². The highest BCUT2D eigenvalue weighted by Gasteiger charge is 2.24. The van der Waals surface area contributed by atoms with Crippen LogP contribution in [0, 0.1) is 0 Å². The Hall–Kier alpha value is -2.81. The van der Waals surface area contributed by atoms with Crippen molar-refractivity contribution in [2.75, 3.05) is 51.4 Å². The molecule has 2 aromatic rings. The number of aromatic nitrogens is 4. The first-order chi connectivity index (χ1) is 13.0. The predicted molar refractivity (Wildman–Crippen MR) is 104 cm³/mol. The third kappa shape index (κ3) is 5.10. The smallest absolute Gasteiger partial charge is 0.236 e. The van der Waals surface area contributed by atoms with Crippen LogP contribution < -0.4 is 10.6 Å². The van der Waals surface area contributed by atoms with Crippen LogP contribution in [0.15, 0.2) is 24.7 Å². The van der Waals surface area contributed by atoms with Crippen LogP contribution in [0.2, 0.25) is 0 Å². The van der Waals surface area contributed by atoms with Gasteiger partial charge < -0.3 is 15.5 Å². The summed E-state index contributed by atoms with van der Waals surface area (Å²) in [5, 5.41) is 6.10. The topological polar surface area (TPSA) is 99.2 Å². The van der Waals surface area contributed by atoms with E-state index in [1.165, 1.54) is 6.33 Å². The number of amides is 1. The number of nitrogens with zero attached hydrogens (tertiary/aromatic N) is 6. The van der Waals surface area contributed by atoms with E-state index in [0.717, 1.165) is 37.4 Å². The summed E-state index contributed by atoms with van der Waals surface area (Å²) in [7, 11) is 5.39. The molecule has 1 fully saturated rings. The number of likely N-dealkylation sites (N-methyl/N-ethyl adjacent to an activating group) is 1. The molecular weight excluding hydrogens is 344 g/mol. The number of hydrogen-bond donors (Lipinski definition) is 2. The molecule has 1 atom stereocenters. The fourth-order valence-electron chi connectivity index (χ4n) is 3.11. The number of hydrogen-bond acceptors (Lipinski definition) is 8. The van der Waals surface area contributed by atoms with Gasteiger partial charge in [-0.15, -0.1) is 0 Å². The quantitative estimate of drug-likeness (QED) is 0.785. The number of carbonyl (C=O) groups is 1. The van der Waals surface area contributed by atoms with Crippen LogP contribution in [0.1, 0.15) is 24.5 Å². The van der Waals surface area contributed by atoms with Gasteiger partial charge in [-0.05, 0) is 25.5 Å². The number of piperidine rings is 1. The van der Waals surface area contributed by atoms with Crippen molar-refractivity contribution in [3.8, 4) is 0 Å². The van der Waals surface area contributed by atoms with Gasteiger partial charge in [-0.25, -0.2) is 19.9 Å². The standard InChI is InChI=1S/C18H26N8O/c1-19-15-9-16(22-12-21-15)24-18-20-7-6-14(23-18)13-5-4-8-26(10-13)11-17(27)25(2)3/h6-7,9,12-13H,4-5,8,10-11H2,1-3H3,(H2,19,20,21,22,23,24)/t13-/m1/s1. The first-order valence-corrected chi connectivity index (χ1v) is 9.07. The lowest BCUT2D eigenvalue weighted by Gasteiger charge is -2.32. The van der Waals surface area contributed by atoms with Crippen molar-refractivity contribution >= 4 is 23.5 Å². The van der Waals surface area contributed by atoms with Crippen molar-refractivity contribution in [3.05, 3.63) is 30.4 Å². The Balaban J connectivity index is 1.68. The van der Waals surface area contributed by atoms with Crippen LogP contribution in [-0.2, 0) is 4.79 Å². The molecular formula is C18H26N8O. The molecule has 0 bridgehead atoms. The Morgan fingerprint density at radius 3 is 2.89 bits per heavy atom. The number of rotatable bonds is 6. The number of likely N-dealkylation sites (tertiary alicyclic amines) is 1. The van der Waals surface area contributed by atoms with Crippen LogP contribution in [0.5, 0.6) is 0 Å². The second-order valence-corrected chi connectivity index (χ2v) is 6.83. The summed E-state index contributed by atoms with van der Waals surface area (Å²) in [5.41, 5.74) is 0.984. The molecule has 2 aromatic heterocycles. The van der Waals surface area contributed by atoms with Gasteiger partial charge in [0.1, 0.15) is 18.0 Å². The van der Waals surface area contributed by atoms with E-state index < -0.39 is 0 Å². The van der Waals surface area contributed by atoms with E-state index >= 15 is 0 Å². The summed E-state index contributed by atoms with van der Waals surface area (Å²) >= 11 is 0. The molecule has 1 saturated heterocycles. The van der Waals surface area contributed by atoms with Gasteiger partial charge in [-0.1, -0.05) is 0 Å². The van der Waals surface area contributed by atoms with Gasteiger partial charge in [-0.2, -0.15) is 0 Å². The first kappa shape index (κ1) is 19.0. The minimum atomic E-state index is 0.129. The SMILES string of the molecule is CNc1cc(Nc2nccc([C@@H]3CCCN(CC(=O)N(C)C)C3)n2)ncn1. The zero-order valence-electron chi connectivity index (χ0n) is 16.0. The zero-order chi connectivity index (χ0) is 19.2. The van der Waals surface area contributed by atoms with Gasteiger partial charge in [0, 0.05) is 45.9 Å². The summed E-state index contributed by atoms with van der Waals surface area (Å²) in [4.78, 5) is 33.1. The molecule has 0 aromatic carbocycles. The summed E-state index contributed by atoms with van der Waals surface area (Å²) in [6.07, 6.45) is 5.35. The minimum Gasteiger partial charge on any atom is -0.373 e. The Morgan fingerprint density at radius 2 is 2.11 bits per heavy atom. The molecule has 0 unspecified atom stereocenters. The van der Waals surface area contributed by atoms with Crippen molar-refractivity contribution < 1.29 is 4.79 Å². The first-order valence-electron chi connectivity index (χ1n) is 9.07. The molecule has 1 aliphatic heterocycles. The average molecular weight is 370 g/mol. The lowest BCUT2D eigenvalue weighted by atomic mass is 9.94. The largest absolute Gasteiger partial charge is 0.373 e. The molecule has 2 N–H and O–H groups in total. The second kappa shape index (κ2) is 8.72. The maximum absolute atomic E-state index is 12.0.